The van der Waals surface area contributed by atoms with Crippen molar-refractivity contribution in [2.45, 2.75) is 13.8 Å². The summed E-state index contributed by atoms with van der Waals surface area (Å²) in [4.78, 5) is 0. The SMILES string of the molecule is Cc1cccc(OCCNc2ccc(Br)cc2)c1C. The molecular formula is C16H18BrNO. The van der Waals surface area contributed by atoms with Crippen molar-refractivity contribution in [3.63, 3.8) is 0 Å². The Morgan fingerprint density at radius 3 is 2.53 bits per heavy atom. The van der Waals surface area contributed by atoms with Crippen molar-refractivity contribution < 1.29 is 4.74 Å². The number of hydrogen-bond donors (Lipinski definition) is 1. The molecule has 0 aromatic heterocycles. The van der Waals surface area contributed by atoms with Gasteiger partial charge >= 0.3 is 0 Å². The van der Waals surface area contributed by atoms with E-state index in [9.17, 15) is 0 Å². The largest absolute Gasteiger partial charge is 0.491 e. The molecule has 0 spiro atoms. The highest BCUT2D eigenvalue weighted by Gasteiger charge is 2.01. The van der Waals surface area contributed by atoms with Crippen LogP contribution in [0.5, 0.6) is 5.75 Å². The molecule has 0 atom stereocenters. The first-order valence-corrected chi connectivity index (χ1v) is 7.14. The van der Waals surface area contributed by atoms with E-state index in [-0.39, 0.29) is 0 Å². The first-order valence-electron chi connectivity index (χ1n) is 6.35. The molecule has 0 amide bonds. The standard InChI is InChI=1S/C16H18BrNO/c1-12-4-3-5-16(13(12)2)19-11-10-18-15-8-6-14(17)7-9-15/h3-9,18H,10-11H2,1-2H3. The van der Waals surface area contributed by atoms with Gasteiger partial charge in [-0.2, -0.15) is 0 Å². The first-order chi connectivity index (χ1) is 9.16. The normalized spacial score (nSPS) is 10.3. The van der Waals surface area contributed by atoms with E-state index in [1.165, 1.54) is 11.1 Å². The number of hydrogen-bond acceptors (Lipinski definition) is 2. The molecule has 2 nitrogen and oxygen atoms in total. The minimum atomic E-state index is 0.653. The molecule has 0 fully saturated rings. The van der Waals surface area contributed by atoms with E-state index in [1.807, 2.05) is 36.4 Å². The highest BCUT2D eigenvalue weighted by atomic mass is 79.9. The number of ether oxygens (including phenoxy) is 1. The zero-order chi connectivity index (χ0) is 13.7. The first kappa shape index (κ1) is 13.9. The molecule has 1 N–H and O–H groups in total. The van der Waals surface area contributed by atoms with Gasteiger partial charge in [-0.05, 0) is 55.3 Å². The summed E-state index contributed by atoms with van der Waals surface area (Å²) in [5.41, 5.74) is 3.58. The van der Waals surface area contributed by atoms with Gasteiger partial charge in [0.25, 0.3) is 0 Å². The lowest BCUT2D eigenvalue weighted by Gasteiger charge is -2.12. The lowest BCUT2D eigenvalue weighted by molar-refractivity contribution is 0.330. The van der Waals surface area contributed by atoms with E-state index >= 15 is 0 Å². The summed E-state index contributed by atoms with van der Waals surface area (Å²) in [5, 5.41) is 3.33. The molecule has 0 saturated heterocycles. The Bertz CT molecular complexity index is 537. The minimum absolute atomic E-state index is 0.653. The van der Waals surface area contributed by atoms with E-state index in [0.29, 0.717) is 6.61 Å². The second-order valence-corrected chi connectivity index (χ2v) is 5.40. The minimum Gasteiger partial charge on any atom is -0.491 e. The quantitative estimate of drug-likeness (QED) is 0.816. The van der Waals surface area contributed by atoms with Crippen LogP contribution in [0, 0.1) is 13.8 Å². The van der Waals surface area contributed by atoms with Crippen LogP contribution in [0.3, 0.4) is 0 Å². The summed E-state index contributed by atoms with van der Waals surface area (Å²) < 4.78 is 6.88. The van der Waals surface area contributed by atoms with Crippen molar-refractivity contribution in [2.24, 2.45) is 0 Å². The average molecular weight is 320 g/mol. The van der Waals surface area contributed by atoms with E-state index < -0.39 is 0 Å². The monoisotopic (exact) mass is 319 g/mol. The molecule has 0 bridgehead atoms. The van der Waals surface area contributed by atoms with Crippen molar-refractivity contribution in [3.05, 3.63) is 58.1 Å². The highest BCUT2D eigenvalue weighted by molar-refractivity contribution is 9.10. The molecular weight excluding hydrogens is 302 g/mol. The van der Waals surface area contributed by atoms with Crippen LogP contribution in [0.1, 0.15) is 11.1 Å². The molecule has 0 aliphatic rings. The number of nitrogens with one attached hydrogen (secondary N) is 1. The molecule has 0 heterocycles. The number of halogens is 1. The van der Waals surface area contributed by atoms with Crippen LogP contribution >= 0.6 is 15.9 Å². The van der Waals surface area contributed by atoms with E-state index in [2.05, 4.69) is 41.2 Å². The summed E-state index contributed by atoms with van der Waals surface area (Å²) in [5.74, 6) is 0.970. The van der Waals surface area contributed by atoms with Crippen LogP contribution < -0.4 is 10.1 Å². The predicted molar refractivity (Wildman–Crippen MR) is 84.0 cm³/mol. The number of aryl methyl sites for hydroxylation is 1. The van der Waals surface area contributed by atoms with Crippen molar-refractivity contribution in [3.8, 4) is 5.75 Å². The van der Waals surface area contributed by atoms with Crippen molar-refractivity contribution in [2.75, 3.05) is 18.5 Å². The average Bonchev–Trinajstić information content (AvgIpc) is 2.41. The van der Waals surface area contributed by atoms with Gasteiger partial charge in [0.2, 0.25) is 0 Å². The predicted octanol–water partition coefficient (Wildman–Crippen LogP) is 4.56. The molecule has 0 aliphatic heterocycles. The van der Waals surface area contributed by atoms with Gasteiger partial charge in [0.1, 0.15) is 12.4 Å². The van der Waals surface area contributed by atoms with Crippen LogP contribution in [-0.4, -0.2) is 13.2 Å². The number of benzene rings is 2. The fourth-order valence-corrected chi connectivity index (χ4v) is 2.07. The lowest BCUT2D eigenvalue weighted by atomic mass is 10.1. The Kier molecular flexibility index (Phi) is 4.86. The number of rotatable bonds is 5. The Hall–Kier alpha value is -1.48. The zero-order valence-corrected chi connectivity index (χ0v) is 12.8. The fourth-order valence-electron chi connectivity index (χ4n) is 1.80. The van der Waals surface area contributed by atoms with E-state index in [0.717, 1.165) is 22.5 Å². The molecule has 2 aromatic rings. The van der Waals surface area contributed by atoms with Crippen molar-refractivity contribution in [1.29, 1.82) is 0 Å². The zero-order valence-electron chi connectivity index (χ0n) is 11.2. The van der Waals surface area contributed by atoms with E-state index in [1.54, 1.807) is 0 Å². The molecule has 0 unspecified atom stereocenters. The fraction of sp³-hybridized carbons (Fsp3) is 0.250. The summed E-state index contributed by atoms with van der Waals surface area (Å²) in [7, 11) is 0. The summed E-state index contributed by atoms with van der Waals surface area (Å²) in [6.45, 7) is 5.63. The van der Waals surface area contributed by atoms with Gasteiger partial charge in [-0.15, -0.1) is 0 Å². The van der Waals surface area contributed by atoms with Crippen LogP contribution in [0.2, 0.25) is 0 Å². The van der Waals surface area contributed by atoms with Gasteiger partial charge in [0.15, 0.2) is 0 Å². The lowest BCUT2D eigenvalue weighted by Crippen LogP contribution is -2.12. The third-order valence-corrected chi connectivity index (χ3v) is 3.62. The Balaban J connectivity index is 1.81. The molecule has 2 aromatic carbocycles. The van der Waals surface area contributed by atoms with Crippen LogP contribution in [0.25, 0.3) is 0 Å². The molecule has 19 heavy (non-hydrogen) atoms. The second kappa shape index (κ2) is 6.62. The van der Waals surface area contributed by atoms with Crippen LogP contribution in [0.4, 0.5) is 5.69 Å². The molecule has 0 saturated carbocycles. The Labute approximate surface area is 122 Å². The van der Waals surface area contributed by atoms with Crippen molar-refractivity contribution >= 4 is 21.6 Å². The summed E-state index contributed by atoms with van der Waals surface area (Å²) in [6, 6.07) is 14.3. The summed E-state index contributed by atoms with van der Waals surface area (Å²) >= 11 is 3.42. The topological polar surface area (TPSA) is 21.3 Å². The van der Waals surface area contributed by atoms with Crippen LogP contribution in [-0.2, 0) is 0 Å². The molecule has 100 valence electrons. The highest BCUT2D eigenvalue weighted by Crippen LogP contribution is 2.20. The third-order valence-electron chi connectivity index (χ3n) is 3.09. The van der Waals surface area contributed by atoms with Gasteiger partial charge < -0.3 is 10.1 Å². The summed E-state index contributed by atoms with van der Waals surface area (Å²) in [6.07, 6.45) is 0. The molecule has 2 rings (SSSR count). The molecule has 3 heteroatoms. The van der Waals surface area contributed by atoms with Crippen LogP contribution in [0.15, 0.2) is 46.9 Å². The molecule has 0 aliphatic carbocycles. The smallest absolute Gasteiger partial charge is 0.122 e. The maximum Gasteiger partial charge on any atom is 0.122 e. The third kappa shape index (κ3) is 4.00. The van der Waals surface area contributed by atoms with Gasteiger partial charge in [0, 0.05) is 16.7 Å². The van der Waals surface area contributed by atoms with Gasteiger partial charge in [-0.1, -0.05) is 28.1 Å². The van der Waals surface area contributed by atoms with E-state index in [4.69, 9.17) is 4.74 Å². The second-order valence-electron chi connectivity index (χ2n) is 4.48. The Morgan fingerprint density at radius 2 is 1.79 bits per heavy atom. The van der Waals surface area contributed by atoms with Gasteiger partial charge in [-0.25, -0.2) is 0 Å². The van der Waals surface area contributed by atoms with Crippen molar-refractivity contribution in [1.82, 2.24) is 0 Å². The molecule has 0 radical (unpaired) electrons. The van der Waals surface area contributed by atoms with Gasteiger partial charge in [-0.3, -0.25) is 0 Å². The maximum absolute atomic E-state index is 5.79. The maximum atomic E-state index is 5.79. The van der Waals surface area contributed by atoms with Gasteiger partial charge in [0.05, 0.1) is 0 Å². The Morgan fingerprint density at radius 1 is 1.05 bits per heavy atom. The number of anilines is 1.